The van der Waals surface area contributed by atoms with Crippen molar-refractivity contribution >= 4 is 22.4 Å². The van der Waals surface area contributed by atoms with Crippen molar-refractivity contribution in [1.29, 1.82) is 0 Å². The number of hydrogen-bond donors (Lipinski definition) is 2. The zero-order valence-electron chi connectivity index (χ0n) is 14.4. The lowest BCUT2D eigenvalue weighted by Gasteiger charge is -2.34. The second-order valence-corrected chi connectivity index (χ2v) is 7.45. The van der Waals surface area contributed by atoms with Crippen LogP contribution in [-0.2, 0) is 20.8 Å². The lowest BCUT2D eigenvalue weighted by atomic mass is 10.1. The van der Waals surface area contributed by atoms with Gasteiger partial charge in [-0.25, -0.2) is 4.98 Å². The highest BCUT2D eigenvalue weighted by molar-refractivity contribution is 7.13. The Labute approximate surface area is 146 Å². The molecule has 8 heteroatoms. The minimum atomic E-state index is -0.327. The van der Waals surface area contributed by atoms with Crippen molar-refractivity contribution in [3.05, 3.63) is 11.1 Å². The Balaban J connectivity index is 1.54. The van der Waals surface area contributed by atoms with Crippen LogP contribution in [0.1, 0.15) is 26.5 Å². The van der Waals surface area contributed by atoms with Crippen molar-refractivity contribution in [2.24, 2.45) is 0 Å². The molecule has 134 valence electrons. The Kier molecular flexibility index (Phi) is 5.83. The molecule has 4 atom stereocenters. The Hall–Kier alpha value is -1.06. The van der Waals surface area contributed by atoms with E-state index in [0.717, 1.165) is 25.3 Å². The molecule has 2 unspecified atom stereocenters. The summed E-state index contributed by atoms with van der Waals surface area (Å²) in [5.41, 5.74) is 0.984. The van der Waals surface area contributed by atoms with Crippen LogP contribution in [0.2, 0.25) is 0 Å². The highest BCUT2D eigenvalue weighted by atomic mass is 32.1. The van der Waals surface area contributed by atoms with Crippen LogP contribution in [-0.4, -0.2) is 66.4 Å². The van der Waals surface area contributed by atoms with E-state index in [1.165, 1.54) is 11.3 Å². The van der Waals surface area contributed by atoms with Crippen LogP contribution < -0.4 is 10.6 Å². The third-order valence-corrected chi connectivity index (χ3v) is 5.07. The van der Waals surface area contributed by atoms with Gasteiger partial charge in [0.1, 0.15) is 6.04 Å². The highest BCUT2D eigenvalue weighted by Gasteiger charge is 2.29. The maximum atomic E-state index is 12.3. The van der Waals surface area contributed by atoms with E-state index in [1.807, 2.05) is 12.3 Å². The third-order valence-electron chi connectivity index (χ3n) is 4.26. The van der Waals surface area contributed by atoms with Crippen molar-refractivity contribution in [3.8, 4) is 0 Å². The lowest BCUT2D eigenvalue weighted by Crippen LogP contribution is -2.53. The molecule has 0 radical (unpaired) electrons. The first-order valence-electron chi connectivity index (χ1n) is 8.49. The van der Waals surface area contributed by atoms with Gasteiger partial charge in [0.15, 0.2) is 5.13 Å². The minimum absolute atomic E-state index is 0.0864. The van der Waals surface area contributed by atoms with Crippen LogP contribution in [0, 0.1) is 0 Å². The van der Waals surface area contributed by atoms with Crippen LogP contribution in [0.25, 0.3) is 0 Å². The molecule has 1 amide bonds. The summed E-state index contributed by atoms with van der Waals surface area (Å²) in [4.78, 5) is 19.2. The number of anilines is 1. The standard InChI is InChI=1S/C16H26N4O3S/c1-10-6-20(7-11(2)23-10)8-13-9-24-16(18-13)19-15(21)14-12(3)22-5-4-17-14/h9-12,14,17H,4-8H2,1-3H3,(H,18,19,21)/t10?,11?,12-,14+/m1/s1. The highest BCUT2D eigenvalue weighted by Crippen LogP contribution is 2.20. The fourth-order valence-corrected chi connectivity index (χ4v) is 3.99. The minimum Gasteiger partial charge on any atom is -0.375 e. The van der Waals surface area contributed by atoms with Gasteiger partial charge in [-0.3, -0.25) is 9.69 Å². The number of ether oxygens (including phenoxy) is 2. The molecular formula is C16H26N4O3S. The molecule has 3 rings (SSSR count). The molecule has 0 saturated carbocycles. The number of rotatable bonds is 4. The third kappa shape index (κ3) is 4.52. The van der Waals surface area contributed by atoms with E-state index in [1.54, 1.807) is 0 Å². The van der Waals surface area contributed by atoms with Gasteiger partial charge in [0, 0.05) is 31.6 Å². The van der Waals surface area contributed by atoms with Crippen LogP contribution in [0.5, 0.6) is 0 Å². The molecule has 0 spiro atoms. The smallest absolute Gasteiger partial charge is 0.245 e. The van der Waals surface area contributed by atoms with Gasteiger partial charge in [-0.05, 0) is 20.8 Å². The van der Waals surface area contributed by atoms with Crippen LogP contribution >= 0.6 is 11.3 Å². The average molecular weight is 354 g/mol. The Morgan fingerprint density at radius 1 is 1.42 bits per heavy atom. The maximum Gasteiger partial charge on any atom is 0.245 e. The lowest BCUT2D eigenvalue weighted by molar-refractivity contribution is -0.123. The van der Waals surface area contributed by atoms with Crippen molar-refractivity contribution < 1.29 is 14.3 Å². The van der Waals surface area contributed by atoms with Gasteiger partial charge in [0.2, 0.25) is 5.91 Å². The zero-order valence-corrected chi connectivity index (χ0v) is 15.3. The summed E-state index contributed by atoms with van der Waals surface area (Å²) in [6.45, 7) is 10.0. The number of carbonyl (C=O) groups is 1. The SMILES string of the molecule is CC1CN(Cc2csc(NC(=O)[C@H]3NCCO[C@@H]3C)n2)CC(C)O1. The van der Waals surface area contributed by atoms with Gasteiger partial charge < -0.3 is 20.1 Å². The molecule has 0 aliphatic carbocycles. The largest absolute Gasteiger partial charge is 0.375 e. The summed E-state index contributed by atoms with van der Waals surface area (Å²) >= 11 is 1.46. The Morgan fingerprint density at radius 3 is 2.88 bits per heavy atom. The van der Waals surface area contributed by atoms with Crippen molar-refractivity contribution in [2.45, 2.75) is 51.7 Å². The summed E-state index contributed by atoms with van der Waals surface area (Å²) in [5, 5.41) is 8.74. The number of hydrogen-bond acceptors (Lipinski definition) is 7. The van der Waals surface area contributed by atoms with E-state index in [0.29, 0.717) is 18.3 Å². The van der Waals surface area contributed by atoms with Crippen molar-refractivity contribution in [2.75, 3.05) is 31.6 Å². The van der Waals surface area contributed by atoms with E-state index in [2.05, 4.69) is 34.4 Å². The van der Waals surface area contributed by atoms with E-state index in [-0.39, 0.29) is 30.3 Å². The Morgan fingerprint density at radius 2 is 2.17 bits per heavy atom. The number of thiazole rings is 1. The average Bonchev–Trinajstić information content (AvgIpc) is 2.93. The summed E-state index contributed by atoms with van der Waals surface area (Å²) in [5.74, 6) is -0.0864. The monoisotopic (exact) mass is 354 g/mol. The molecule has 24 heavy (non-hydrogen) atoms. The molecule has 7 nitrogen and oxygen atoms in total. The number of morpholine rings is 2. The number of nitrogens with zero attached hydrogens (tertiary/aromatic N) is 2. The number of nitrogens with one attached hydrogen (secondary N) is 2. The van der Waals surface area contributed by atoms with Gasteiger partial charge in [0.05, 0.1) is 30.6 Å². The maximum absolute atomic E-state index is 12.3. The summed E-state index contributed by atoms with van der Waals surface area (Å²) < 4.78 is 11.3. The molecule has 2 N–H and O–H groups in total. The molecule has 2 fully saturated rings. The predicted octanol–water partition coefficient (Wildman–Crippen LogP) is 1.07. The van der Waals surface area contributed by atoms with Crippen molar-refractivity contribution in [1.82, 2.24) is 15.2 Å². The van der Waals surface area contributed by atoms with E-state index >= 15 is 0 Å². The fraction of sp³-hybridized carbons (Fsp3) is 0.750. The normalized spacial score (nSPS) is 31.8. The van der Waals surface area contributed by atoms with Gasteiger partial charge in [-0.15, -0.1) is 11.3 Å². The van der Waals surface area contributed by atoms with Crippen LogP contribution in [0.15, 0.2) is 5.38 Å². The van der Waals surface area contributed by atoms with E-state index < -0.39 is 0 Å². The first-order valence-corrected chi connectivity index (χ1v) is 9.37. The number of carbonyl (C=O) groups excluding carboxylic acids is 1. The molecule has 0 aromatic carbocycles. The number of amides is 1. The molecule has 2 aliphatic heterocycles. The van der Waals surface area contributed by atoms with Gasteiger partial charge in [-0.1, -0.05) is 0 Å². The Bertz CT molecular complexity index is 557. The molecule has 1 aromatic heterocycles. The predicted molar refractivity (Wildman–Crippen MR) is 93.2 cm³/mol. The summed E-state index contributed by atoms with van der Waals surface area (Å²) in [7, 11) is 0. The first kappa shape index (κ1) is 17.8. The second kappa shape index (κ2) is 7.88. The van der Waals surface area contributed by atoms with Gasteiger partial charge in [-0.2, -0.15) is 0 Å². The summed E-state index contributed by atoms with van der Waals surface area (Å²) in [6.07, 6.45) is 0.352. The molecule has 2 aliphatic rings. The zero-order chi connectivity index (χ0) is 17.1. The van der Waals surface area contributed by atoms with Crippen LogP contribution in [0.3, 0.4) is 0 Å². The molecule has 0 bridgehead atoms. The second-order valence-electron chi connectivity index (χ2n) is 6.59. The quantitative estimate of drug-likeness (QED) is 0.842. The molecule has 3 heterocycles. The molecule has 2 saturated heterocycles. The van der Waals surface area contributed by atoms with Gasteiger partial charge >= 0.3 is 0 Å². The molecule has 1 aromatic rings. The fourth-order valence-electron chi connectivity index (χ4n) is 3.29. The van der Waals surface area contributed by atoms with E-state index in [4.69, 9.17) is 9.47 Å². The van der Waals surface area contributed by atoms with Crippen molar-refractivity contribution in [3.63, 3.8) is 0 Å². The first-order chi connectivity index (χ1) is 11.5. The summed E-state index contributed by atoms with van der Waals surface area (Å²) in [6, 6.07) is -0.327. The topological polar surface area (TPSA) is 75.7 Å². The molecular weight excluding hydrogens is 328 g/mol. The van der Waals surface area contributed by atoms with Crippen LogP contribution in [0.4, 0.5) is 5.13 Å². The number of aromatic nitrogens is 1. The van der Waals surface area contributed by atoms with Gasteiger partial charge in [0.25, 0.3) is 0 Å². The van der Waals surface area contributed by atoms with E-state index in [9.17, 15) is 4.79 Å².